The predicted molar refractivity (Wildman–Crippen MR) is 73.5 cm³/mol. The number of benzene rings is 1. The highest BCUT2D eigenvalue weighted by atomic mass is 16.3. The van der Waals surface area contributed by atoms with Gasteiger partial charge in [-0.15, -0.1) is 0 Å². The molecule has 100 valence electrons. The second-order valence-corrected chi connectivity index (χ2v) is 5.22. The molecule has 0 aromatic heterocycles. The molecule has 0 aliphatic carbocycles. The Bertz CT molecular complexity index is 428. The lowest BCUT2D eigenvalue weighted by molar-refractivity contribution is 0.0681. The molecular formula is C14H22N2O2. The maximum atomic E-state index is 12.4. The molecule has 1 amide bonds. The van der Waals surface area contributed by atoms with Crippen LogP contribution in [0.3, 0.4) is 0 Å². The van der Waals surface area contributed by atoms with Crippen molar-refractivity contribution in [2.24, 2.45) is 5.92 Å². The summed E-state index contributed by atoms with van der Waals surface area (Å²) in [5.41, 5.74) is 6.28. The fourth-order valence-corrected chi connectivity index (χ4v) is 1.76. The molecule has 0 aliphatic heterocycles. The first kappa shape index (κ1) is 14.4. The van der Waals surface area contributed by atoms with Crippen LogP contribution in [0.5, 0.6) is 5.75 Å². The van der Waals surface area contributed by atoms with Gasteiger partial charge < -0.3 is 15.7 Å². The van der Waals surface area contributed by atoms with E-state index in [0.29, 0.717) is 18.0 Å². The largest absolute Gasteiger partial charge is 0.506 e. The maximum Gasteiger partial charge on any atom is 0.254 e. The third-order valence-corrected chi connectivity index (χ3v) is 2.72. The van der Waals surface area contributed by atoms with Crippen LogP contribution in [0.4, 0.5) is 5.69 Å². The molecule has 1 rings (SSSR count). The first-order valence-corrected chi connectivity index (χ1v) is 6.22. The van der Waals surface area contributed by atoms with Crippen molar-refractivity contribution in [3.05, 3.63) is 23.8 Å². The van der Waals surface area contributed by atoms with Gasteiger partial charge in [0.25, 0.3) is 5.91 Å². The van der Waals surface area contributed by atoms with Gasteiger partial charge in [-0.25, -0.2) is 0 Å². The zero-order valence-electron chi connectivity index (χ0n) is 11.5. The van der Waals surface area contributed by atoms with Gasteiger partial charge in [0.05, 0.1) is 5.69 Å². The zero-order valence-corrected chi connectivity index (χ0v) is 11.5. The molecule has 0 radical (unpaired) electrons. The van der Waals surface area contributed by atoms with Gasteiger partial charge in [-0.3, -0.25) is 4.79 Å². The van der Waals surface area contributed by atoms with Crippen molar-refractivity contribution in [3.8, 4) is 5.75 Å². The Morgan fingerprint density at radius 1 is 1.33 bits per heavy atom. The smallest absolute Gasteiger partial charge is 0.254 e. The van der Waals surface area contributed by atoms with Crippen LogP contribution in [0.2, 0.25) is 0 Å². The lowest BCUT2D eigenvalue weighted by Gasteiger charge is -2.28. The topological polar surface area (TPSA) is 66.6 Å². The van der Waals surface area contributed by atoms with Gasteiger partial charge in [-0.2, -0.15) is 0 Å². The van der Waals surface area contributed by atoms with Gasteiger partial charge >= 0.3 is 0 Å². The number of hydrogen-bond donors (Lipinski definition) is 2. The Morgan fingerprint density at radius 3 is 2.39 bits per heavy atom. The van der Waals surface area contributed by atoms with E-state index in [1.807, 2.05) is 13.8 Å². The second kappa shape index (κ2) is 5.76. The van der Waals surface area contributed by atoms with Crippen molar-refractivity contribution in [1.82, 2.24) is 4.90 Å². The lowest BCUT2D eigenvalue weighted by atomic mass is 10.1. The number of nitrogen functional groups attached to an aromatic ring is 1. The highest BCUT2D eigenvalue weighted by molar-refractivity contribution is 5.95. The van der Waals surface area contributed by atoms with E-state index in [0.717, 1.165) is 0 Å². The van der Waals surface area contributed by atoms with Gasteiger partial charge in [-0.05, 0) is 38.0 Å². The summed E-state index contributed by atoms with van der Waals surface area (Å²) < 4.78 is 0. The molecule has 1 aromatic carbocycles. The molecular weight excluding hydrogens is 228 g/mol. The van der Waals surface area contributed by atoms with Crippen molar-refractivity contribution in [3.63, 3.8) is 0 Å². The Hall–Kier alpha value is -1.71. The average Bonchev–Trinajstić information content (AvgIpc) is 2.28. The van der Waals surface area contributed by atoms with Gasteiger partial charge in [0.2, 0.25) is 0 Å². The Kier molecular flexibility index (Phi) is 4.59. The van der Waals surface area contributed by atoms with E-state index in [2.05, 4.69) is 13.8 Å². The fourth-order valence-electron chi connectivity index (χ4n) is 1.76. The van der Waals surface area contributed by atoms with E-state index < -0.39 is 0 Å². The summed E-state index contributed by atoms with van der Waals surface area (Å²) in [5, 5.41) is 9.56. The first-order chi connectivity index (χ1) is 8.32. The van der Waals surface area contributed by atoms with Crippen molar-refractivity contribution in [2.75, 3.05) is 12.3 Å². The molecule has 0 atom stereocenters. The normalized spacial score (nSPS) is 11.0. The number of amides is 1. The molecule has 0 bridgehead atoms. The summed E-state index contributed by atoms with van der Waals surface area (Å²) in [4.78, 5) is 14.2. The fraction of sp³-hybridized carbons (Fsp3) is 0.500. The highest BCUT2D eigenvalue weighted by Crippen LogP contribution is 2.22. The first-order valence-electron chi connectivity index (χ1n) is 6.22. The molecule has 4 heteroatoms. The van der Waals surface area contributed by atoms with Crippen LogP contribution >= 0.6 is 0 Å². The molecule has 0 heterocycles. The predicted octanol–water partition coefficient (Wildman–Crippen LogP) is 2.48. The quantitative estimate of drug-likeness (QED) is 0.637. The number of nitrogens with two attached hydrogens (primary N) is 1. The SMILES string of the molecule is CC(C)CN(C(=O)c1ccc(N)c(O)c1)C(C)C. The zero-order chi connectivity index (χ0) is 13.9. The van der Waals surface area contributed by atoms with E-state index in [9.17, 15) is 9.90 Å². The van der Waals surface area contributed by atoms with Crippen molar-refractivity contribution in [1.29, 1.82) is 0 Å². The average molecular weight is 250 g/mol. The Labute approximate surface area is 108 Å². The third-order valence-electron chi connectivity index (χ3n) is 2.72. The lowest BCUT2D eigenvalue weighted by Crippen LogP contribution is -2.39. The molecule has 4 nitrogen and oxygen atoms in total. The standard InChI is InChI=1S/C14H22N2O2/c1-9(2)8-16(10(3)4)14(18)11-5-6-12(15)13(17)7-11/h5-7,9-10,17H,8,15H2,1-4H3. The maximum absolute atomic E-state index is 12.4. The monoisotopic (exact) mass is 250 g/mol. The summed E-state index contributed by atoms with van der Waals surface area (Å²) in [6.45, 7) is 8.81. The Morgan fingerprint density at radius 2 is 1.94 bits per heavy atom. The van der Waals surface area contributed by atoms with Gasteiger partial charge in [0.15, 0.2) is 0 Å². The number of phenols is 1. The Balaban J connectivity index is 2.98. The number of phenolic OH excluding ortho intramolecular Hbond substituents is 1. The molecule has 0 aliphatic rings. The van der Waals surface area contributed by atoms with Crippen LogP contribution in [-0.4, -0.2) is 28.5 Å². The van der Waals surface area contributed by atoms with Gasteiger partial charge in [-0.1, -0.05) is 13.8 Å². The molecule has 0 unspecified atom stereocenters. The van der Waals surface area contributed by atoms with Crippen LogP contribution in [-0.2, 0) is 0 Å². The van der Waals surface area contributed by atoms with E-state index in [1.54, 1.807) is 17.0 Å². The van der Waals surface area contributed by atoms with Gasteiger partial charge in [0.1, 0.15) is 5.75 Å². The number of carbonyl (C=O) groups excluding carboxylic acids is 1. The van der Waals surface area contributed by atoms with Gasteiger partial charge in [0, 0.05) is 18.2 Å². The van der Waals surface area contributed by atoms with E-state index in [4.69, 9.17) is 5.73 Å². The van der Waals surface area contributed by atoms with Crippen LogP contribution in [0.1, 0.15) is 38.1 Å². The number of hydrogen-bond acceptors (Lipinski definition) is 3. The number of rotatable bonds is 4. The molecule has 18 heavy (non-hydrogen) atoms. The van der Waals surface area contributed by atoms with Crippen molar-refractivity contribution >= 4 is 11.6 Å². The summed E-state index contributed by atoms with van der Waals surface area (Å²) in [6, 6.07) is 4.75. The molecule has 3 N–H and O–H groups in total. The molecule has 0 fully saturated rings. The molecule has 0 spiro atoms. The summed E-state index contributed by atoms with van der Waals surface area (Å²) in [6.07, 6.45) is 0. The third kappa shape index (κ3) is 3.39. The minimum Gasteiger partial charge on any atom is -0.506 e. The molecule has 0 saturated carbocycles. The van der Waals surface area contributed by atoms with Crippen molar-refractivity contribution < 1.29 is 9.90 Å². The summed E-state index contributed by atoms with van der Waals surface area (Å²) in [5.74, 6) is 0.279. The van der Waals surface area contributed by atoms with Crippen LogP contribution < -0.4 is 5.73 Å². The minimum absolute atomic E-state index is 0.0471. The van der Waals surface area contributed by atoms with Crippen LogP contribution in [0, 0.1) is 5.92 Å². The second-order valence-electron chi connectivity index (χ2n) is 5.22. The van der Waals surface area contributed by atoms with E-state index >= 15 is 0 Å². The van der Waals surface area contributed by atoms with Crippen molar-refractivity contribution in [2.45, 2.75) is 33.7 Å². The highest BCUT2D eigenvalue weighted by Gasteiger charge is 2.20. The number of nitrogens with zero attached hydrogens (tertiary/aromatic N) is 1. The van der Waals surface area contributed by atoms with E-state index in [1.165, 1.54) is 6.07 Å². The molecule has 1 aromatic rings. The van der Waals surface area contributed by atoms with E-state index in [-0.39, 0.29) is 23.4 Å². The minimum atomic E-state index is -0.0750. The number of aromatic hydroxyl groups is 1. The summed E-state index contributed by atoms with van der Waals surface area (Å²) in [7, 11) is 0. The molecule has 0 saturated heterocycles. The number of anilines is 1. The van der Waals surface area contributed by atoms with Crippen LogP contribution in [0.25, 0.3) is 0 Å². The number of carbonyl (C=O) groups is 1. The van der Waals surface area contributed by atoms with Crippen LogP contribution in [0.15, 0.2) is 18.2 Å². The summed E-state index contributed by atoms with van der Waals surface area (Å²) >= 11 is 0.